The molecule has 0 amide bonds. The van der Waals surface area contributed by atoms with Gasteiger partial charge in [-0.25, -0.2) is 9.97 Å². The van der Waals surface area contributed by atoms with Gasteiger partial charge in [0.15, 0.2) is 5.78 Å². The minimum Gasteiger partial charge on any atom is -0.481 e. The smallest absolute Gasteiger partial charge is 0.213 e. The van der Waals surface area contributed by atoms with Crippen LogP contribution in [0.25, 0.3) is 10.7 Å². The average molecular weight is 234 g/mol. The zero-order valence-electron chi connectivity index (χ0n) is 8.93. The number of aromatic nitrogens is 2. The maximum absolute atomic E-state index is 11.1. The van der Waals surface area contributed by atoms with Gasteiger partial charge in [-0.2, -0.15) is 0 Å². The third-order valence-corrected chi connectivity index (χ3v) is 3.13. The summed E-state index contributed by atoms with van der Waals surface area (Å²) in [7, 11) is 1.56. The molecule has 0 fully saturated rings. The summed E-state index contributed by atoms with van der Waals surface area (Å²) in [5.74, 6) is 0.559. The zero-order chi connectivity index (χ0) is 11.5. The lowest BCUT2D eigenvalue weighted by atomic mass is 10.3. The number of methoxy groups -OCH3 is 1. The molecule has 2 heterocycles. The van der Waals surface area contributed by atoms with Gasteiger partial charge in [0.2, 0.25) is 5.88 Å². The summed E-state index contributed by atoms with van der Waals surface area (Å²) < 4.78 is 5.03. The van der Waals surface area contributed by atoms with Gasteiger partial charge in [0.05, 0.1) is 12.0 Å². The van der Waals surface area contributed by atoms with E-state index in [2.05, 4.69) is 9.97 Å². The van der Waals surface area contributed by atoms with Gasteiger partial charge in [-0.15, -0.1) is 11.3 Å². The summed E-state index contributed by atoms with van der Waals surface area (Å²) in [5, 5.41) is 0.726. The first-order valence-electron chi connectivity index (χ1n) is 4.69. The number of ether oxygens (including phenoxy) is 1. The molecular weight excluding hydrogens is 224 g/mol. The Morgan fingerprint density at radius 2 is 2.25 bits per heavy atom. The van der Waals surface area contributed by atoms with Crippen molar-refractivity contribution in [2.75, 3.05) is 7.11 Å². The Morgan fingerprint density at radius 3 is 2.88 bits per heavy atom. The van der Waals surface area contributed by atoms with E-state index >= 15 is 0 Å². The number of hydrogen-bond acceptors (Lipinski definition) is 5. The highest BCUT2D eigenvalue weighted by molar-refractivity contribution is 7.16. The van der Waals surface area contributed by atoms with Crippen molar-refractivity contribution in [2.24, 2.45) is 0 Å². The van der Waals surface area contributed by atoms with Gasteiger partial charge < -0.3 is 4.74 Å². The number of nitrogens with zero attached hydrogens (tertiary/aromatic N) is 2. The second-order valence-corrected chi connectivity index (χ2v) is 4.18. The highest BCUT2D eigenvalue weighted by Gasteiger charge is 2.09. The van der Waals surface area contributed by atoms with Crippen molar-refractivity contribution in [1.82, 2.24) is 9.97 Å². The van der Waals surface area contributed by atoms with Crippen LogP contribution in [0.4, 0.5) is 0 Å². The summed E-state index contributed by atoms with van der Waals surface area (Å²) >= 11 is 1.33. The predicted molar refractivity (Wildman–Crippen MR) is 61.9 cm³/mol. The number of thiazole rings is 1. The summed E-state index contributed by atoms with van der Waals surface area (Å²) in [5.41, 5.74) is 0.719. The molecule has 0 saturated carbocycles. The predicted octanol–water partition coefficient (Wildman–Crippen LogP) is 2.42. The summed E-state index contributed by atoms with van der Waals surface area (Å²) in [6.07, 6.45) is 1.57. The Labute approximate surface area is 96.9 Å². The molecule has 0 N–H and O–H groups in total. The third-order valence-electron chi connectivity index (χ3n) is 2.00. The van der Waals surface area contributed by atoms with Gasteiger partial charge in [0, 0.05) is 19.2 Å². The van der Waals surface area contributed by atoms with Crippen molar-refractivity contribution < 1.29 is 9.53 Å². The summed E-state index contributed by atoms with van der Waals surface area (Å²) in [6.45, 7) is 1.52. The molecule has 2 aromatic rings. The molecular formula is C11H10N2O2S. The minimum absolute atomic E-state index is 0.0200. The summed E-state index contributed by atoms with van der Waals surface area (Å²) in [4.78, 5) is 20.2. The Morgan fingerprint density at radius 1 is 1.44 bits per heavy atom. The van der Waals surface area contributed by atoms with E-state index in [1.165, 1.54) is 18.3 Å². The van der Waals surface area contributed by atoms with Crippen LogP contribution in [0.1, 0.15) is 16.6 Å². The molecule has 4 nitrogen and oxygen atoms in total. The molecule has 0 bridgehead atoms. The van der Waals surface area contributed by atoms with Crippen LogP contribution in [-0.2, 0) is 0 Å². The average Bonchev–Trinajstić information content (AvgIpc) is 2.78. The molecule has 0 radical (unpaired) electrons. The summed E-state index contributed by atoms with van der Waals surface area (Å²) in [6, 6.07) is 5.45. The first-order valence-corrected chi connectivity index (χ1v) is 5.50. The fourth-order valence-electron chi connectivity index (χ4n) is 1.20. The number of ketones is 1. The Hall–Kier alpha value is -1.75. The molecule has 0 unspecified atom stereocenters. The number of pyridine rings is 1. The van der Waals surface area contributed by atoms with Crippen LogP contribution in [0.2, 0.25) is 0 Å². The molecule has 0 aromatic carbocycles. The molecule has 0 aliphatic rings. The van der Waals surface area contributed by atoms with Gasteiger partial charge in [-0.3, -0.25) is 4.79 Å². The van der Waals surface area contributed by atoms with E-state index in [9.17, 15) is 4.79 Å². The van der Waals surface area contributed by atoms with Crippen LogP contribution in [0.15, 0.2) is 24.4 Å². The van der Waals surface area contributed by atoms with Gasteiger partial charge in [-0.05, 0) is 6.07 Å². The van der Waals surface area contributed by atoms with Crippen molar-refractivity contribution in [2.45, 2.75) is 6.92 Å². The highest BCUT2D eigenvalue weighted by atomic mass is 32.1. The van der Waals surface area contributed by atoms with E-state index < -0.39 is 0 Å². The van der Waals surface area contributed by atoms with Crippen LogP contribution < -0.4 is 4.74 Å². The highest BCUT2D eigenvalue weighted by Crippen LogP contribution is 2.25. The second-order valence-electron chi connectivity index (χ2n) is 3.15. The largest absolute Gasteiger partial charge is 0.481 e. The van der Waals surface area contributed by atoms with Gasteiger partial charge >= 0.3 is 0 Å². The zero-order valence-corrected chi connectivity index (χ0v) is 9.75. The van der Waals surface area contributed by atoms with Gasteiger partial charge in [0.1, 0.15) is 10.7 Å². The molecule has 2 rings (SSSR count). The molecule has 0 atom stereocenters. The Bertz CT molecular complexity index is 522. The van der Waals surface area contributed by atoms with Crippen molar-refractivity contribution in [3.8, 4) is 16.6 Å². The van der Waals surface area contributed by atoms with Crippen LogP contribution >= 0.6 is 11.3 Å². The van der Waals surface area contributed by atoms with E-state index in [1.54, 1.807) is 19.4 Å². The topological polar surface area (TPSA) is 52.1 Å². The van der Waals surface area contributed by atoms with Crippen molar-refractivity contribution in [3.05, 3.63) is 29.3 Å². The maximum atomic E-state index is 11.1. The number of carbonyl (C=O) groups is 1. The lowest BCUT2D eigenvalue weighted by Crippen LogP contribution is -1.88. The molecule has 0 aliphatic heterocycles. The molecule has 16 heavy (non-hydrogen) atoms. The minimum atomic E-state index is 0.0200. The SMILES string of the molecule is COc1cccc(-c2ncc(C(C)=O)s2)n1. The van der Waals surface area contributed by atoms with Gasteiger partial charge in [0.25, 0.3) is 0 Å². The molecule has 82 valence electrons. The standard InChI is InChI=1S/C11H10N2O2S/c1-7(14)9-6-12-11(16-9)8-4-3-5-10(13-8)15-2/h3-6H,1-2H3. The molecule has 0 spiro atoms. The number of hydrogen-bond donors (Lipinski definition) is 0. The normalized spacial score (nSPS) is 10.1. The number of carbonyl (C=O) groups excluding carboxylic acids is 1. The van der Waals surface area contributed by atoms with E-state index in [-0.39, 0.29) is 5.78 Å². The van der Waals surface area contributed by atoms with E-state index in [4.69, 9.17) is 4.74 Å². The lowest BCUT2D eigenvalue weighted by molar-refractivity contribution is 0.102. The monoisotopic (exact) mass is 234 g/mol. The molecule has 2 aromatic heterocycles. The maximum Gasteiger partial charge on any atom is 0.213 e. The molecule has 0 aliphatic carbocycles. The number of Topliss-reactive ketones (excluding diaryl/α,β-unsaturated/α-hetero) is 1. The first kappa shape index (κ1) is 10.8. The molecule has 0 saturated heterocycles. The van der Waals surface area contributed by atoms with Crippen LogP contribution in [-0.4, -0.2) is 22.9 Å². The number of rotatable bonds is 3. The molecule has 5 heteroatoms. The van der Waals surface area contributed by atoms with E-state index in [1.807, 2.05) is 12.1 Å². The van der Waals surface area contributed by atoms with Crippen LogP contribution in [0.3, 0.4) is 0 Å². The van der Waals surface area contributed by atoms with E-state index in [0.29, 0.717) is 10.8 Å². The lowest BCUT2D eigenvalue weighted by Gasteiger charge is -1.99. The first-order chi connectivity index (χ1) is 7.70. The van der Waals surface area contributed by atoms with Crippen molar-refractivity contribution >= 4 is 17.1 Å². The Balaban J connectivity index is 2.38. The second kappa shape index (κ2) is 4.40. The third kappa shape index (κ3) is 2.09. The van der Waals surface area contributed by atoms with E-state index in [0.717, 1.165) is 10.7 Å². The van der Waals surface area contributed by atoms with Crippen molar-refractivity contribution in [1.29, 1.82) is 0 Å². The van der Waals surface area contributed by atoms with Gasteiger partial charge in [-0.1, -0.05) is 6.07 Å². The van der Waals surface area contributed by atoms with Crippen LogP contribution in [0.5, 0.6) is 5.88 Å². The Kier molecular flexibility index (Phi) is 2.96. The fraction of sp³-hybridized carbons (Fsp3) is 0.182. The van der Waals surface area contributed by atoms with Crippen LogP contribution in [0, 0.1) is 0 Å². The van der Waals surface area contributed by atoms with Crippen molar-refractivity contribution in [3.63, 3.8) is 0 Å². The quantitative estimate of drug-likeness (QED) is 0.765. The fourth-order valence-corrected chi connectivity index (χ4v) is 1.98.